The van der Waals surface area contributed by atoms with Crippen LogP contribution >= 0.6 is 0 Å². The predicted molar refractivity (Wildman–Crippen MR) is 74.8 cm³/mol. The number of nitrogens with two attached hydrogens (primary N) is 1. The highest BCUT2D eigenvalue weighted by Crippen LogP contribution is 2.45. The Morgan fingerprint density at radius 1 is 1.11 bits per heavy atom. The van der Waals surface area contributed by atoms with E-state index in [-0.39, 0.29) is 5.41 Å². The van der Waals surface area contributed by atoms with Gasteiger partial charge >= 0.3 is 0 Å². The van der Waals surface area contributed by atoms with Crippen LogP contribution < -0.4 is 5.73 Å². The van der Waals surface area contributed by atoms with Gasteiger partial charge in [0.25, 0.3) is 0 Å². The third-order valence-corrected chi connectivity index (χ3v) is 4.32. The monoisotopic (exact) mass is 247 g/mol. The van der Waals surface area contributed by atoms with Crippen molar-refractivity contribution in [1.29, 1.82) is 0 Å². The molecule has 2 saturated carbocycles. The highest BCUT2D eigenvalue weighted by atomic mass is 15.2. The molecule has 1 aromatic heterocycles. The van der Waals surface area contributed by atoms with Crippen molar-refractivity contribution in [3.63, 3.8) is 0 Å². The largest absolute Gasteiger partial charge is 0.384 e. The zero-order valence-corrected chi connectivity index (χ0v) is 11.9. The summed E-state index contributed by atoms with van der Waals surface area (Å²) in [7, 11) is 0. The quantitative estimate of drug-likeness (QED) is 0.864. The minimum Gasteiger partial charge on any atom is -0.384 e. The van der Waals surface area contributed by atoms with E-state index in [1.165, 1.54) is 44.3 Å². The van der Waals surface area contributed by atoms with E-state index >= 15 is 0 Å². The van der Waals surface area contributed by atoms with E-state index in [0.29, 0.717) is 12.0 Å². The number of rotatable bonds is 2. The Balaban J connectivity index is 2.06. The summed E-state index contributed by atoms with van der Waals surface area (Å²) in [5, 5.41) is 0. The maximum atomic E-state index is 6.40. The predicted octanol–water partition coefficient (Wildman–Crippen LogP) is 3.76. The van der Waals surface area contributed by atoms with Crippen molar-refractivity contribution < 1.29 is 0 Å². The first-order valence-corrected chi connectivity index (χ1v) is 7.36. The van der Waals surface area contributed by atoms with Gasteiger partial charge in [-0.2, -0.15) is 0 Å². The normalized spacial score (nSPS) is 21.7. The highest BCUT2D eigenvalue weighted by Gasteiger charge is 2.35. The minimum atomic E-state index is 0.0532. The summed E-state index contributed by atoms with van der Waals surface area (Å²) in [5.41, 5.74) is 7.56. The van der Waals surface area contributed by atoms with Crippen molar-refractivity contribution >= 4 is 5.82 Å². The second-order valence-corrected chi connectivity index (χ2v) is 7.04. The smallest absolute Gasteiger partial charge is 0.127 e. The summed E-state index contributed by atoms with van der Waals surface area (Å²) in [5.74, 6) is 2.88. The number of hydrogen-bond donors (Lipinski definition) is 1. The third-order valence-electron chi connectivity index (χ3n) is 4.32. The average Bonchev–Trinajstić information content (AvgIpc) is 2.85. The van der Waals surface area contributed by atoms with Gasteiger partial charge in [-0.1, -0.05) is 33.6 Å². The second-order valence-electron chi connectivity index (χ2n) is 7.04. The van der Waals surface area contributed by atoms with E-state index in [9.17, 15) is 0 Å². The Morgan fingerprint density at radius 2 is 1.72 bits per heavy atom. The highest BCUT2D eigenvalue weighted by molar-refractivity contribution is 5.44. The Kier molecular flexibility index (Phi) is 2.68. The van der Waals surface area contributed by atoms with Gasteiger partial charge in [-0.05, 0) is 25.7 Å². The van der Waals surface area contributed by atoms with Gasteiger partial charge in [-0.25, -0.2) is 4.98 Å². The maximum absolute atomic E-state index is 6.40. The van der Waals surface area contributed by atoms with Gasteiger partial charge < -0.3 is 10.3 Å². The number of anilines is 1. The minimum absolute atomic E-state index is 0.0532. The summed E-state index contributed by atoms with van der Waals surface area (Å²) in [6, 6.07) is 0.643. The van der Waals surface area contributed by atoms with E-state index in [0.717, 1.165) is 11.5 Å². The number of imidazole rings is 1. The summed E-state index contributed by atoms with van der Waals surface area (Å²) >= 11 is 0. The van der Waals surface area contributed by atoms with Crippen LogP contribution in [0, 0.1) is 0 Å². The van der Waals surface area contributed by atoms with Crippen molar-refractivity contribution in [2.24, 2.45) is 0 Å². The molecular formula is C15H25N3. The molecular weight excluding hydrogens is 222 g/mol. The lowest BCUT2D eigenvalue weighted by molar-refractivity contribution is 0.567. The van der Waals surface area contributed by atoms with Gasteiger partial charge in [0.1, 0.15) is 11.6 Å². The molecule has 2 fully saturated rings. The summed E-state index contributed by atoms with van der Waals surface area (Å²) in [6.07, 6.45) is 7.87. The molecule has 0 atom stereocenters. The standard InChI is InChI=1S/C15H25N3/c1-15(2,3)12-13(16)18(11-8-9-11)14(17-12)10-6-4-5-7-10/h10-11H,4-9,16H2,1-3H3. The lowest BCUT2D eigenvalue weighted by Gasteiger charge is -2.16. The van der Waals surface area contributed by atoms with Gasteiger partial charge in [-0.15, -0.1) is 0 Å². The van der Waals surface area contributed by atoms with Crippen LogP contribution in [0.2, 0.25) is 0 Å². The van der Waals surface area contributed by atoms with E-state index < -0.39 is 0 Å². The molecule has 2 N–H and O–H groups in total. The zero-order chi connectivity index (χ0) is 12.9. The molecule has 0 saturated heterocycles. The Labute approximate surface area is 110 Å². The zero-order valence-electron chi connectivity index (χ0n) is 11.9. The number of nitrogen functional groups attached to an aromatic ring is 1. The first-order valence-electron chi connectivity index (χ1n) is 7.36. The lowest BCUT2D eigenvalue weighted by Crippen LogP contribution is -2.15. The van der Waals surface area contributed by atoms with Crippen LogP contribution in [-0.2, 0) is 5.41 Å². The van der Waals surface area contributed by atoms with Gasteiger partial charge in [-0.3, -0.25) is 0 Å². The van der Waals surface area contributed by atoms with E-state index in [1.54, 1.807) is 0 Å². The van der Waals surface area contributed by atoms with Crippen molar-refractivity contribution in [3.8, 4) is 0 Å². The third kappa shape index (κ3) is 1.94. The fourth-order valence-corrected chi connectivity index (χ4v) is 3.20. The van der Waals surface area contributed by atoms with Crippen molar-refractivity contribution in [3.05, 3.63) is 11.5 Å². The Bertz CT molecular complexity index is 443. The molecule has 2 aliphatic rings. The van der Waals surface area contributed by atoms with Crippen LogP contribution in [0.1, 0.15) is 82.8 Å². The molecule has 3 heteroatoms. The Hall–Kier alpha value is -0.990. The number of aromatic nitrogens is 2. The van der Waals surface area contributed by atoms with Crippen LogP contribution in [0.3, 0.4) is 0 Å². The second kappa shape index (κ2) is 4.01. The molecule has 0 spiro atoms. The van der Waals surface area contributed by atoms with Crippen molar-refractivity contribution in [1.82, 2.24) is 9.55 Å². The molecule has 0 unspecified atom stereocenters. The van der Waals surface area contributed by atoms with Crippen LogP contribution in [0.4, 0.5) is 5.82 Å². The Morgan fingerprint density at radius 3 is 2.22 bits per heavy atom. The van der Waals surface area contributed by atoms with E-state index in [4.69, 9.17) is 10.7 Å². The molecule has 100 valence electrons. The number of hydrogen-bond acceptors (Lipinski definition) is 2. The topological polar surface area (TPSA) is 43.8 Å². The first-order chi connectivity index (χ1) is 8.48. The molecule has 1 aromatic rings. The molecule has 3 nitrogen and oxygen atoms in total. The maximum Gasteiger partial charge on any atom is 0.127 e. The SMILES string of the molecule is CC(C)(C)c1nc(C2CCCC2)n(C2CC2)c1N. The van der Waals surface area contributed by atoms with Gasteiger partial charge in [0.05, 0.1) is 5.69 Å². The molecule has 0 aliphatic heterocycles. The van der Waals surface area contributed by atoms with Gasteiger partial charge in [0.2, 0.25) is 0 Å². The van der Waals surface area contributed by atoms with E-state index in [2.05, 4.69) is 25.3 Å². The van der Waals surface area contributed by atoms with Gasteiger partial charge in [0.15, 0.2) is 0 Å². The molecule has 3 rings (SSSR count). The molecule has 0 aromatic carbocycles. The van der Waals surface area contributed by atoms with Crippen LogP contribution in [-0.4, -0.2) is 9.55 Å². The first kappa shape index (κ1) is 12.1. The van der Waals surface area contributed by atoms with Crippen molar-refractivity contribution in [2.75, 3.05) is 5.73 Å². The number of nitrogens with zero attached hydrogens (tertiary/aromatic N) is 2. The van der Waals surface area contributed by atoms with Crippen LogP contribution in [0.5, 0.6) is 0 Å². The fourth-order valence-electron chi connectivity index (χ4n) is 3.20. The summed E-state index contributed by atoms with van der Waals surface area (Å²) in [6.45, 7) is 6.63. The summed E-state index contributed by atoms with van der Waals surface area (Å²) in [4.78, 5) is 4.96. The van der Waals surface area contributed by atoms with Gasteiger partial charge in [0, 0.05) is 17.4 Å². The van der Waals surface area contributed by atoms with Crippen LogP contribution in [0.25, 0.3) is 0 Å². The molecule has 18 heavy (non-hydrogen) atoms. The van der Waals surface area contributed by atoms with E-state index in [1.807, 2.05) is 0 Å². The molecule has 0 amide bonds. The van der Waals surface area contributed by atoms with Crippen molar-refractivity contribution in [2.45, 2.75) is 76.7 Å². The summed E-state index contributed by atoms with van der Waals surface area (Å²) < 4.78 is 2.37. The molecule has 1 heterocycles. The average molecular weight is 247 g/mol. The lowest BCUT2D eigenvalue weighted by atomic mass is 9.92. The van der Waals surface area contributed by atoms with Crippen LogP contribution in [0.15, 0.2) is 0 Å². The molecule has 2 aliphatic carbocycles. The fraction of sp³-hybridized carbons (Fsp3) is 0.800. The molecule has 0 radical (unpaired) electrons. The molecule has 0 bridgehead atoms.